The Labute approximate surface area is 107 Å². The first kappa shape index (κ1) is 12.8. The van der Waals surface area contributed by atoms with Gasteiger partial charge in [-0.25, -0.2) is 9.97 Å². The highest BCUT2D eigenvalue weighted by atomic mass is 16.4. The van der Waals surface area contributed by atoms with Crippen molar-refractivity contribution in [1.82, 2.24) is 9.97 Å². The van der Waals surface area contributed by atoms with Gasteiger partial charge in [0.05, 0.1) is 5.92 Å². The molecule has 0 spiro atoms. The first-order valence-corrected chi connectivity index (χ1v) is 6.28. The summed E-state index contributed by atoms with van der Waals surface area (Å²) in [5.74, 6) is 0.851. The normalized spacial score (nSPS) is 16.9. The van der Waals surface area contributed by atoms with Crippen molar-refractivity contribution in [3.8, 4) is 0 Å². The van der Waals surface area contributed by atoms with Gasteiger partial charge in [-0.05, 0) is 33.6 Å². The van der Waals surface area contributed by atoms with E-state index >= 15 is 0 Å². The van der Waals surface area contributed by atoms with Crippen molar-refractivity contribution in [3.05, 3.63) is 17.1 Å². The number of piperidine rings is 1. The lowest BCUT2D eigenvalue weighted by atomic mass is 9.97. The average Bonchev–Trinajstić information content (AvgIpc) is 2.34. The number of rotatable bonds is 2. The van der Waals surface area contributed by atoms with E-state index < -0.39 is 5.97 Å². The second-order valence-electron chi connectivity index (χ2n) is 4.90. The zero-order valence-corrected chi connectivity index (χ0v) is 11.1. The predicted molar refractivity (Wildman–Crippen MR) is 68.8 cm³/mol. The van der Waals surface area contributed by atoms with Crippen molar-refractivity contribution in [2.24, 2.45) is 5.92 Å². The minimum Gasteiger partial charge on any atom is -0.481 e. The first-order valence-electron chi connectivity index (χ1n) is 6.28. The summed E-state index contributed by atoms with van der Waals surface area (Å²) in [6.07, 6.45) is 1.38. The van der Waals surface area contributed by atoms with E-state index in [2.05, 4.69) is 14.9 Å². The van der Waals surface area contributed by atoms with E-state index in [1.165, 1.54) is 0 Å². The molecule has 1 aliphatic heterocycles. The Kier molecular flexibility index (Phi) is 3.50. The molecule has 0 bridgehead atoms. The molecule has 2 heterocycles. The van der Waals surface area contributed by atoms with Crippen LogP contribution >= 0.6 is 0 Å². The summed E-state index contributed by atoms with van der Waals surface area (Å²) >= 11 is 0. The van der Waals surface area contributed by atoms with Gasteiger partial charge in [0.15, 0.2) is 0 Å². The molecule has 2 rings (SSSR count). The first-order chi connectivity index (χ1) is 8.49. The van der Waals surface area contributed by atoms with Crippen molar-refractivity contribution in [1.29, 1.82) is 0 Å². The molecular weight excluding hydrogens is 230 g/mol. The number of aryl methyl sites for hydroxylation is 2. The van der Waals surface area contributed by atoms with Gasteiger partial charge in [-0.3, -0.25) is 4.79 Å². The Morgan fingerprint density at radius 3 is 2.39 bits per heavy atom. The number of aliphatic carboxylic acids is 1. The van der Waals surface area contributed by atoms with Crippen LogP contribution in [0.1, 0.15) is 29.9 Å². The van der Waals surface area contributed by atoms with Gasteiger partial charge in [0.25, 0.3) is 0 Å². The molecule has 5 heteroatoms. The molecular formula is C13H19N3O2. The van der Waals surface area contributed by atoms with E-state index in [1.807, 2.05) is 20.8 Å². The predicted octanol–water partition coefficient (Wildman–Crippen LogP) is 1.70. The quantitative estimate of drug-likeness (QED) is 0.864. The van der Waals surface area contributed by atoms with Gasteiger partial charge >= 0.3 is 5.97 Å². The zero-order valence-electron chi connectivity index (χ0n) is 11.1. The van der Waals surface area contributed by atoms with Crippen LogP contribution in [0.4, 0.5) is 5.82 Å². The van der Waals surface area contributed by atoms with Crippen molar-refractivity contribution in [2.75, 3.05) is 18.0 Å². The SMILES string of the molecule is Cc1nc(C)c(C)c(N2CCC(C(=O)O)CC2)n1. The standard InChI is InChI=1S/C13H19N3O2/c1-8-9(2)14-10(3)15-12(8)16-6-4-11(5-7-16)13(17)18/h11H,4-7H2,1-3H3,(H,17,18). The third-order valence-electron chi connectivity index (χ3n) is 3.62. The third kappa shape index (κ3) is 2.44. The van der Waals surface area contributed by atoms with Crippen LogP contribution in [-0.4, -0.2) is 34.1 Å². The molecule has 98 valence electrons. The van der Waals surface area contributed by atoms with Crippen molar-refractivity contribution >= 4 is 11.8 Å². The van der Waals surface area contributed by atoms with E-state index in [0.29, 0.717) is 12.8 Å². The van der Waals surface area contributed by atoms with Crippen LogP contribution in [0.15, 0.2) is 0 Å². The van der Waals surface area contributed by atoms with Crippen LogP contribution in [0.2, 0.25) is 0 Å². The van der Waals surface area contributed by atoms with Crippen LogP contribution in [0.5, 0.6) is 0 Å². The molecule has 0 radical (unpaired) electrons. The number of anilines is 1. The van der Waals surface area contributed by atoms with E-state index in [9.17, 15) is 4.79 Å². The Morgan fingerprint density at radius 1 is 1.22 bits per heavy atom. The molecule has 1 aromatic heterocycles. The van der Waals surface area contributed by atoms with E-state index in [-0.39, 0.29) is 5.92 Å². The fraction of sp³-hybridized carbons (Fsp3) is 0.615. The smallest absolute Gasteiger partial charge is 0.306 e. The van der Waals surface area contributed by atoms with Crippen molar-refractivity contribution < 1.29 is 9.90 Å². The Hall–Kier alpha value is -1.65. The number of aromatic nitrogens is 2. The second-order valence-corrected chi connectivity index (χ2v) is 4.90. The summed E-state index contributed by atoms with van der Waals surface area (Å²) in [6, 6.07) is 0. The Morgan fingerprint density at radius 2 is 1.83 bits per heavy atom. The Balaban J connectivity index is 2.17. The largest absolute Gasteiger partial charge is 0.481 e. The van der Waals surface area contributed by atoms with Gasteiger partial charge < -0.3 is 10.0 Å². The fourth-order valence-electron chi connectivity index (χ4n) is 2.40. The highest BCUT2D eigenvalue weighted by Gasteiger charge is 2.26. The highest BCUT2D eigenvalue weighted by molar-refractivity contribution is 5.70. The summed E-state index contributed by atoms with van der Waals surface area (Å²) in [5, 5.41) is 8.99. The van der Waals surface area contributed by atoms with Crippen molar-refractivity contribution in [3.63, 3.8) is 0 Å². The van der Waals surface area contributed by atoms with Crippen LogP contribution in [0, 0.1) is 26.7 Å². The van der Waals surface area contributed by atoms with Gasteiger partial charge in [-0.1, -0.05) is 0 Å². The van der Waals surface area contributed by atoms with Crippen molar-refractivity contribution in [2.45, 2.75) is 33.6 Å². The number of carboxylic acid groups (broad SMARTS) is 1. The number of carbonyl (C=O) groups is 1. The maximum Gasteiger partial charge on any atom is 0.306 e. The highest BCUT2D eigenvalue weighted by Crippen LogP contribution is 2.25. The minimum atomic E-state index is -0.679. The van der Waals surface area contributed by atoms with Gasteiger partial charge in [0.1, 0.15) is 11.6 Å². The summed E-state index contributed by atoms with van der Waals surface area (Å²) in [5.41, 5.74) is 2.09. The Bertz CT molecular complexity index is 466. The molecule has 0 saturated carbocycles. The van der Waals surface area contributed by atoms with Gasteiger partial charge in [-0.2, -0.15) is 0 Å². The van der Waals surface area contributed by atoms with Gasteiger partial charge in [0.2, 0.25) is 0 Å². The fourth-order valence-corrected chi connectivity index (χ4v) is 2.40. The summed E-state index contributed by atoms with van der Waals surface area (Å²) < 4.78 is 0. The maximum absolute atomic E-state index is 10.9. The monoisotopic (exact) mass is 249 g/mol. The molecule has 0 amide bonds. The molecule has 1 saturated heterocycles. The van der Waals surface area contributed by atoms with E-state index in [1.54, 1.807) is 0 Å². The lowest BCUT2D eigenvalue weighted by Crippen LogP contribution is -2.37. The molecule has 1 aromatic rings. The molecule has 1 N–H and O–H groups in total. The average molecular weight is 249 g/mol. The minimum absolute atomic E-state index is 0.203. The molecule has 18 heavy (non-hydrogen) atoms. The van der Waals surface area contributed by atoms with E-state index in [4.69, 9.17) is 5.11 Å². The molecule has 0 atom stereocenters. The number of hydrogen-bond donors (Lipinski definition) is 1. The number of carboxylic acids is 1. The number of hydrogen-bond acceptors (Lipinski definition) is 4. The number of nitrogens with zero attached hydrogens (tertiary/aromatic N) is 3. The zero-order chi connectivity index (χ0) is 13.3. The lowest BCUT2D eigenvalue weighted by molar-refractivity contribution is -0.142. The summed E-state index contributed by atoms with van der Waals surface area (Å²) in [4.78, 5) is 21.9. The molecule has 1 fully saturated rings. The van der Waals surface area contributed by atoms with Crippen LogP contribution < -0.4 is 4.90 Å². The van der Waals surface area contributed by atoms with Gasteiger partial charge in [-0.15, -0.1) is 0 Å². The lowest BCUT2D eigenvalue weighted by Gasteiger charge is -2.32. The summed E-state index contributed by atoms with van der Waals surface area (Å²) in [6.45, 7) is 7.41. The topological polar surface area (TPSA) is 66.3 Å². The molecule has 5 nitrogen and oxygen atoms in total. The van der Waals surface area contributed by atoms with Crippen LogP contribution in [-0.2, 0) is 4.79 Å². The van der Waals surface area contributed by atoms with Gasteiger partial charge in [0, 0.05) is 24.3 Å². The summed E-state index contributed by atoms with van der Waals surface area (Å²) in [7, 11) is 0. The van der Waals surface area contributed by atoms with Crippen LogP contribution in [0.3, 0.4) is 0 Å². The van der Waals surface area contributed by atoms with E-state index in [0.717, 1.165) is 36.0 Å². The second kappa shape index (κ2) is 4.92. The third-order valence-corrected chi connectivity index (χ3v) is 3.62. The molecule has 0 aromatic carbocycles. The molecule has 0 aliphatic carbocycles. The van der Waals surface area contributed by atoms with Crippen LogP contribution in [0.25, 0.3) is 0 Å². The molecule has 1 aliphatic rings. The maximum atomic E-state index is 10.9. The molecule has 0 unspecified atom stereocenters.